The van der Waals surface area contributed by atoms with Gasteiger partial charge in [0, 0.05) is 29.0 Å². The van der Waals surface area contributed by atoms with Crippen LogP contribution in [0.25, 0.3) is 10.9 Å². The van der Waals surface area contributed by atoms with E-state index in [0.29, 0.717) is 6.54 Å². The average Bonchev–Trinajstić information content (AvgIpc) is 2.95. The number of nitrogens with one attached hydrogen (secondary N) is 2. The Morgan fingerprint density at radius 1 is 1.14 bits per heavy atom. The summed E-state index contributed by atoms with van der Waals surface area (Å²) in [7, 11) is 0. The Hall–Kier alpha value is -1.91. The van der Waals surface area contributed by atoms with Gasteiger partial charge in [0.15, 0.2) is 0 Å². The van der Waals surface area contributed by atoms with Gasteiger partial charge in [0.25, 0.3) is 5.56 Å². The zero-order valence-electron chi connectivity index (χ0n) is 12.0. The Bertz CT molecular complexity index is 804. The first-order valence-electron chi connectivity index (χ1n) is 7.15. The van der Waals surface area contributed by atoms with Crippen molar-refractivity contribution < 1.29 is 0 Å². The third kappa shape index (κ3) is 3.06. The number of thiophene rings is 1. The van der Waals surface area contributed by atoms with Crippen LogP contribution in [0.1, 0.15) is 22.9 Å². The number of fused-ring (bicyclic) bond motifs is 1. The van der Waals surface area contributed by atoms with Crippen molar-refractivity contribution in [2.45, 2.75) is 26.4 Å². The molecule has 0 saturated heterocycles. The molecule has 0 unspecified atom stereocenters. The summed E-state index contributed by atoms with van der Waals surface area (Å²) in [5.41, 5.74) is 3.05. The molecule has 0 saturated carbocycles. The van der Waals surface area contributed by atoms with Gasteiger partial charge in [-0.15, -0.1) is 11.3 Å². The van der Waals surface area contributed by atoms with E-state index in [2.05, 4.69) is 28.7 Å². The zero-order valence-corrected chi connectivity index (χ0v) is 12.8. The Morgan fingerprint density at radius 2 is 2.00 bits per heavy atom. The topological polar surface area (TPSA) is 44.9 Å². The van der Waals surface area contributed by atoms with Crippen LogP contribution in [0, 0.1) is 0 Å². The van der Waals surface area contributed by atoms with E-state index in [1.165, 1.54) is 10.4 Å². The molecule has 0 aliphatic rings. The number of aromatic amines is 1. The Labute approximate surface area is 127 Å². The molecule has 4 heteroatoms. The number of para-hydroxylation sites is 1. The van der Waals surface area contributed by atoms with E-state index in [9.17, 15) is 4.79 Å². The molecule has 0 amide bonds. The van der Waals surface area contributed by atoms with E-state index in [1.54, 1.807) is 11.3 Å². The zero-order chi connectivity index (χ0) is 14.7. The lowest BCUT2D eigenvalue weighted by atomic mass is 10.1. The van der Waals surface area contributed by atoms with Gasteiger partial charge in [0.05, 0.1) is 0 Å². The molecule has 0 fully saturated rings. The Morgan fingerprint density at radius 3 is 2.86 bits per heavy atom. The van der Waals surface area contributed by atoms with Crippen molar-refractivity contribution in [3.8, 4) is 0 Å². The van der Waals surface area contributed by atoms with Gasteiger partial charge in [-0.25, -0.2) is 0 Å². The van der Waals surface area contributed by atoms with Gasteiger partial charge >= 0.3 is 0 Å². The monoisotopic (exact) mass is 298 g/mol. The normalized spacial score (nSPS) is 11.1. The minimum atomic E-state index is -0.0110. The van der Waals surface area contributed by atoms with Gasteiger partial charge in [0.2, 0.25) is 0 Å². The summed E-state index contributed by atoms with van der Waals surface area (Å²) in [6.45, 7) is 3.56. The number of H-pyrrole nitrogens is 1. The highest BCUT2D eigenvalue weighted by atomic mass is 32.1. The summed E-state index contributed by atoms with van der Waals surface area (Å²) >= 11 is 1.77. The van der Waals surface area contributed by atoms with Crippen LogP contribution in [0.2, 0.25) is 0 Å². The number of aryl methyl sites for hydroxylation is 1. The predicted octanol–water partition coefficient (Wildman–Crippen LogP) is 3.44. The van der Waals surface area contributed by atoms with Gasteiger partial charge in [-0.1, -0.05) is 25.1 Å². The molecule has 0 aliphatic heterocycles. The van der Waals surface area contributed by atoms with E-state index in [1.807, 2.05) is 30.3 Å². The molecule has 0 bridgehead atoms. The molecule has 0 spiro atoms. The second-order valence-electron chi connectivity index (χ2n) is 5.04. The van der Waals surface area contributed by atoms with Gasteiger partial charge in [-0.3, -0.25) is 4.79 Å². The van der Waals surface area contributed by atoms with E-state index < -0.39 is 0 Å². The molecule has 21 heavy (non-hydrogen) atoms. The molecule has 0 aliphatic carbocycles. The van der Waals surface area contributed by atoms with Crippen molar-refractivity contribution >= 4 is 22.2 Å². The van der Waals surface area contributed by atoms with Crippen LogP contribution in [0.4, 0.5) is 0 Å². The lowest BCUT2D eigenvalue weighted by molar-refractivity contribution is 0.692. The fourth-order valence-corrected chi connectivity index (χ4v) is 3.42. The van der Waals surface area contributed by atoms with Crippen LogP contribution in [0.5, 0.6) is 0 Å². The van der Waals surface area contributed by atoms with Gasteiger partial charge in [0.1, 0.15) is 0 Å². The molecular formula is C17H18N2OS. The lowest BCUT2D eigenvalue weighted by Gasteiger charge is -2.06. The predicted molar refractivity (Wildman–Crippen MR) is 88.8 cm³/mol. The molecule has 0 radical (unpaired) electrons. The van der Waals surface area contributed by atoms with E-state index in [4.69, 9.17) is 0 Å². The summed E-state index contributed by atoms with van der Waals surface area (Å²) < 4.78 is 0. The highest BCUT2D eigenvalue weighted by Gasteiger charge is 2.05. The first-order valence-corrected chi connectivity index (χ1v) is 8.03. The minimum absolute atomic E-state index is 0.0110. The maximum Gasteiger partial charge on any atom is 0.252 e. The van der Waals surface area contributed by atoms with Gasteiger partial charge in [-0.05, 0) is 40.9 Å². The summed E-state index contributed by atoms with van der Waals surface area (Å²) in [6.07, 6.45) is 1.05. The van der Waals surface area contributed by atoms with Crippen molar-refractivity contribution in [2.75, 3.05) is 0 Å². The number of pyridine rings is 1. The Kier molecular flexibility index (Phi) is 4.18. The summed E-state index contributed by atoms with van der Waals surface area (Å²) in [4.78, 5) is 16.3. The molecular weight excluding hydrogens is 280 g/mol. The van der Waals surface area contributed by atoms with Crippen molar-refractivity contribution in [2.24, 2.45) is 0 Å². The molecule has 2 aromatic heterocycles. The second kappa shape index (κ2) is 6.24. The number of rotatable bonds is 5. The standard InChI is InChI=1S/C17H18N2OS/c1-2-12-7-8-21-16(12)11-18-10-14-9-13-5-3-4-6-15(13)19-17(14)20/h3-9,18H,2,10-11H2,1H3,(H,19,20). The lowest BCUT2D eigenvalue weighted by Crippen LogP contribution is -2.20. The number of benzene rings is 1. The highest BCUT2D eigenvalue weighted by molar-refractivity contribution is 7.10. The smallest absolute Gasteiger partial charge is 0.252 e. The average molecular weight is 298 g/mol. The van der Waals surface area contributed by atoms with Crippen molar-refractivity contribution in [3.63, 3.8) is 0 Å². The fourth-order valence-electron chi connectivity index (χ4n) is 2.47. The van der Waals surface area contributed by atoms with Gasteiger partial charge in [-0.2, -0.15) is 0 Å². The third-order valence-corrected chi connectivity index (χ3v) is 4.61. The molecule has 108 valence electrons. The quantitative estimate of drug-likeness (QED) is 0.758. The molecule has 1 aromatic carbocycles. The summed E-state index contributed by atoms with van der Waals surface area (Å²) in [5, 5.41) is 6.57. The second-order valence-corrected chi connectivity index (χ2v) is 6.04. The maximum absolute atomic E-state index is 12.1. The molecule has 3 nitrogen and oxygen atoms in total. The highest BCUT2D eigenvalue weighted by Crippen LogP contribution is 2.17. The molecule has 3 aromatic rings. The SMILES string of the molecule is CCc1ccsc1CNCc1cc2ccccc2[nH]c1=O. The Balaban J connectivity index is 1.73. The maximum atomic E-state index is 12.1. The number of hydrogen-bond acceptors (Lipinski definition) is 3. The summed E-state index contributed by atoms with van der Waals surface area (Å²) in [5.74, 6) is 0. The van der Waals surface area contributed by atoms with Crippen LogP contribution in [-0.2, 0) is 19.5 Å². The van der Waals surface area contributed by atoms with Crippen LogP contribution in [-0.4, -0.2) is 4.98 Å². The van der Waals surface area contributed by atoms with Crippen LogP contribution >= 0.6 is 11.3 Å². The first kappa shape index (κ1) is 14.0. The third-order valence-electron chi connectivity index (χ3n) is 3.65. The van der Waals surface area contributed by atoms with E-state index >= 15 is 0 Å². The van der Waals surface area contributed by atoms with E-state index in [-0.39, 0.29) is 5.56 Å². The largest absolute Gasteiger partial charge is 0.322 e. The molecule has 0 atom stereocenters. The minimum Gasteiger partial charge on any atom is -0.322 e. The van der Waals surface area contributed by atoms with Crippen molar-refractivity contribution in [1.29, 1.82) is 0 Å². The number of hydrogen-bond donors (Lipinski definition) is 2. The van der Waals surface area contributed by atoms with Crippen LogP contribution in [0.15, 0.2) is 46.6 Å². The molecule has 2 N–H and O–H groups in total. The van der Waals surface area contributed by atoms with E-state index in [0.717, 1.165) is 29.4 Å². The van der Waals surface area contributed by atoms with Crippen molar-refractivity contribution in [1.82, 2.24) is 10.3 Å². The molecule has 2 heterocycles. The molecule has 3 rings (SSSR count). The van der Waals surface area contributed by atoms with Crippen LogP contribution in [0.3, 0.4) is 0 Å². The van der Waals surface area contributed by atoms with Crippen LogP contribution < -0.4 is 10.9 Å². The summed E-state index contributed by atoms with van der Waals surface area (Å²) in [6, 6.07) is 12.0. The number of aromatic nitrogens is 1. The van der Waals surface area contributed by atoms with Gasteiger partial charge < -0.3 is 10.3 Å². The first-order chi connectivity index (χ1) is 10.3. The fraction of sp³-hybridized carbons (Fsp3) is 0.235. The van der Waals surface area contributed by atoms with Crippen molar-refractivity contribution in [3.05, 3.63) is 68.1 Å².